The van der Waals surface area contributed by atoms with Crippen LogP contribution in [0.25, 0.3) is 88.4 Å². The van der Waals surface area contributed by atoms with Crippen LogP contribution in [-0.4, -0.2) is 9.13 Å². The second-order valence-electron chi connectivity index (χ2n) is 12.6. The Morgan fingerprint density at radius 1 is 0.340 bits per heavy atom. The van der Waals surface area contributed by atoms with Gasteiger partial charge in [-0.1, -0.05) is 139 Å². The highest BCUT2D eigenvalue weighted by atomic mass is 15.0. The van der Waals surface area contributed by atoms with Crippen LogP contribution in [0.3, 0.4) is 0 Å². The number of nitrogens with zero attached hydrogens (tertiary/aromatic N) is 2. The van der Waals surface area contributed by atoms with Crippen LogP contribution < -0.4 is 0 Å². The summed E-state index contributed by atoms with van der Waals surface area (Å²) >= 11 is 0. The van der Waals surface area contributed by atoms with Gasteiger partial charge >= 0.3 is 0 Å². The SMILES string of the molecule is [2H]c1c([2H])c([2H])c(-c2ccc(-n3c4ccccc4c4cc(-c5ccc6c(c5)c5ccccc5n6-c5ccccc5-c5ccccc5)ccc43)cc2)c([2H])c1[2H]. The van der Waals surface area contributed by atoms with E-state index < -0.39 is 6.04 Å². The highest BCUT2D eigenvalue weighted by Crippen LogP contribution is 2.40. The van der Waals surface area contributed by atoms with Crippen molar-refractivity contribution in [2.75, 3.05) is 0 Å². The van der Waals surface area contributed by atoms with Crippen LogP contribution in [0.5, 0.6) is 0 Å². The summed E-state index contributed by atoms with van der Waals surface area (Å²) in [6.07, 6.45) is 0. The molecule has 2 nitrogen and oxygen atoms in total. The van der Waals surface area contributed by atoms with Crippen LogP contribution in [0.15, 0.2) is 194 Å². The van der Waals surface area contributed by atoms with Crippen molar-refractivity contribution in [2.45, 2.75) is 0 Å². The summed E-state index contributed by atoms with van der Waals surface area (Å²) in [7, 11) is 0. The smallest absolute Gasteiger partial charge is 0.0629 e. The number of hydrogen-bond donors (Lipinski definition) is 0. The van der Waals surface area contributed by atoms with Gasteiger partial charge in [-0.05, 0) is 82.4 Å². The lowest BCUT2D eigenvalue weighted by Gasteiger charge is -2.14. The van der Waals surface area contributed by atoms with Gasteiger partial charge < -0.3 is 9.13 Å². The van der Waals surface area contributed by atoms with E-state index >= 15 is 0 Å². The van der Waals surface area contributed by atoms with Gasteiger partial charge in [0.15, 0.2) is 0 Å². The molecular weight excluding hydrogens is 605 g/mol. The van der Waals surface area contributed by atoms with Crippen molar-refractivity contribution >= 4 is 43.6 Å². The van der Waals surface area contributed by atoms with Crippen molar-refractivity contribution in [2.24, 2.45) is 0 Å². The van der Waals surface area contributed by atoms with E-state index in [1.165, 1.54) is 21.9 Å². The third kappa shape index (κ3) is 4.50. The van der Waals surface area contributed by atoms with Crippen LogP contribution in [0.4, 0.5) is 0 Å². The van der Waals surface area contributed by atoms with Gasteiger partial charge in [0.25, 0.3) is 0 Å². The fourth-order valence-electron chi connectivity index (χ4n) is 7.54. The van der Waals surface area contributed by atoms with Crippen LogP contribution in [-0.2, 0) is 0 Å². The Hall–Kier alpha value is -6.64. The molecule has 0 unspecified atom stereocenters. The highest BCUT2D eigenvalue weighted by molar-refractivity contribution is 6.13. The van der Waals surface area contributed by atoms with E-state index in [1.54, 1.807) is 0 Å². The summed E-state index contributed by atoms with van der Waals surface area (Å²) < 4.78 is 45.8. The van der Waals surface area contributed by atoms with Gasteiger partial charge in [0, 0.05) is 32.8 Å². The first-order chi connectivity index (χ1) is 26.9. The summed E-state index contributed by atoms with van der Waals surface area (Å²) in [6.45, 7) is 0. The summed E-state index contributed by atoms with van der Waals surface area (Å²) in [6, 6.07) is 55.7. The van der Waals surface area contributed by atoms with Crippen molar-refractivity contribution < 1.29 is 6.85 Å². The molecule has 0 N–H and O–H groups in total. The Balaban J connectivity index is 1.10. The largest absolute Gasteiger partial charge is 0.309 e. The molecule has 0 fully saturated rings. The zero-order valence-electron chi connectivity index (χ0n) is 32.0. The summed E-state index contributed by atoms with van der Waals surface area (Å²) in [4.78, 5) is 0. The molecule has 2 heterocycles. The number of para-hydroxylation sites is 3. The number of rotatable bonds is 5. The normalized spacial score (nSPS) is 13.0. The minimum absolute atomic E-state index is 0.199. The van der Waals surface area contributed by atoms with Gasteiger partial charge in [0.2, 0.25) is 0 Å². The minimum Gasteiger partial charge on any atom is -0.309 e. The maximum Gasteiger partial charge on any atom is 0.0629 e. The molecule has 0 aliphatic carbocycles. The molecule has 0 spiro atoms. The molecule has 2 aromatic heterocycles. The molecule has 0 amide bonds. The summed E-state index contributed by atoms with van der Waals surface area (Å²) in [5.74, 6) is 0. The van der Waals surface area contributed by atoms with E-state index in [4.69, 9.17) is 6.85 Å². The van der Waals surface area contributed by atoms with E-state index in [-0.39, 0.29) is 29.7 Å². The average molecular weight is 642 g/mol. The fraction of sp³-hybridized carbons (Fsp3) is 0. The number of aromatic nitrogens is 2. The first kappa shape index (κ1) is 23.6. The predicted octanol–water partition coefficient (Wildman–Crippen LogP) is 12.9. The maximum absolute atomic E-state index is 8.46. The molecular formula is C48H32N2. The van der Waals surface area contributed by atoms with Crippen molar-refractivity contribution in [3.05, 3.63) is 194 Å². The third-order valence-electron chi connectivity index (χ3n) is 9.82. The zero-order chi connectivity index (χ0) is 37.4. The molecule has 2 heteroatoms. The van der Waals surface area contributed by atoms with Gasteiger partial charge in [-0.15, -0.1) is 0 Å². The molecule has 10 aromatic rings. The van der Waals surface area contributed by atoms with E-state index in [0.717, 1.165) is 55.3 Å². The third-order valence-corrected chi connectivity index (χ3v) is 9.82. The first-order valence-corrected chi connectivity index (χ1v) is 16.8. The van der Waals surface area contributed by atoms with Crippen LogP contribution >= 0.6 is 0 Å². The zero-order valence-corrected chi connectivity index (χ0v) is 27.0. The quantitative estimate of drug-likeness (QED) is 0.177. The lowest BCUT2D eigenvalue weighted by Crippen LogP contribution is -1.97. The Bertz CT molecular complexity index is 3110. The second kappa shape index (κ2) is 11.5. The van der Waals surface area contributed by atoms with Crippen LogP contribution in [0, 0.1) is 0 Å². The molecule has 10 rings (SSSR count). The Labute approximate surface area is 297 Å². The molecule has 0 radical (unpaired) electrons. The summed E-state index contributed by atoms with van der Waals surface area (Å²) in [5.41, 5.74) is 11.9. The maximum atomic E-state index is 8.46. The molecule has 0 aliphatic heterocycles. The lowest BCUT2D eigenvalue weighted by atomic mass is 10.0. The molecule has 0 aliphatic rings. The van der Waals surface area contributed by atoms with Gasteiger partial charge in [-0.25, -0.2) is 0 Å². The number of hydrogen-bond acceptors (Lipinski definition) is 0. The number of benzene rings is 8. The monoisotopic (exact) mass is 641 g/mol. The average Bonchev–Trinajstić information content (AvgIpc) is 3.75. The first-order valence-electron chi connectivity index (χ1n) is 19.3. The molecule has 234 valence electrons. The van der Waals surface area contributed by atoms with Crippen molar-refractivity contribution in [1.29, 1.82) is 0 Å². The van der Waals surface area contributed by atoms with Gasteiger partial charge in [0.1, 0.15) is 0 Å². The molecule has 0 bridgehead atoms. The predicted molar refractivity (Wildman–Crippen MR) is 211 cm³/mol. The second-order valence-corrected chi connectivity index (χ2v) is 12.6. The van der Waals surface area contributed by atoms with E-state index in [0.29, 0.717) is 5.56 Å². The summed E-state index contributed by atoms with van der Waals surface area (Å²) in [5, 5.41) is 4.65. The highest BCUT2D eigenvalue weighted by Gasteiger charge is 2.17. The van der Waals surface area contributed by atoms with E-state index in [9.17, 15) is 0 Å². The van der Waals surface area contributed by atoms with Gasteiger partial charge in [-0.3, -0.25) is 0 Å². The molecule has 0 saturated heterocycles. The van der Waals surface area contributed by atoms with Gasteiger partial charge in [-0.2, -0.15) is 0 Å². The topological polar surface area (TPSA) is 9.86 Å². The molecule has 0 saturated carbocycles. The fourth-order valence-corrected chi connectivity index (χ4v) is 7.54. The van der Waals surface area contributed by atoms with Crippen LogP contribution in [0.1, 0.15) is 6.85 Å². The number of fused-ring (bicyclic) bond motifs is 6. The van der Waals surface area contributed by atoms with E-state index in [1.807, 2.05) is 30.3 Å². The van der Waals surface area contributed by atoms with Gasteiger partial charge in [0.05, 0.1) is 34.6 Å². The molecule has 8 aromatic carbocycles. The molecule has 50 heavy (non-hydrogen) atoms. The Kier molecular flexibility index (Phi) is 5.44. The lowest BCUT2D eigenvalue weighted by molar-refractivity contribution is 1.18. The Morgan fingerprint density at radius 2 is 0.860 bits per heavy atom. The van der Waals surface area contributed by atoms with Crippen molar-refractivity contribution in [3.8, 4) is 44.8 Å². The van der Waals surface area contributed by atoms with E-state index in [2.05, 4.69) is 143 Å². The Morgan fingerprint density at radius 3 is 1.54 bits per heavy atom. The van der Waals surface area contributed by atoms with Crippen molar-refractivity contribution in [3.63, 3.8) is 0 Å². The minimum atomic E-state index is -0.392. The standard InChI is InChI=1S/C48H32N2/c1-3-13-33(14-4-1)34-23-27-38(28-24-34)49-45-21-11-8-18-40(45)42-31-36(25-29-47(42)49)37-26-30-48-43(32-37)41-19-9-12-22-46(41)50(48)44-20-10-7-17-39(44)35-15-5-2-6-16-35/h1-32H/i1D,3D,4D,13D,14D. The van der Waals surface area contributed by atoms with Crippen LogP contribution in [0.2, 0.25) is 0 Å². The van der Waals surface area contributed by atoms with Crippen molar-refractivity contribution in [1.82, 2.24) is 9.13 Å². The molecule has 0 atom stereocenters.